The summed E-state index contributed by atoms with van der Waals surface area (Å²) in [6.07, 6.45) is 0. The van der Waals surface area contributed by atoms with Gasteiger partial charge in [-0.05, 0) is 13.8 Å². The van der Waals surface area contributed by atoms with E-state index in [9.17, 15) is 9.59 Å². The van der Waals surface area contributed by atoms with Gasteiger partial charge < -0.3 is 14.8 Å². The number of methoxy groups -OCH3 is 1. The van der Waals surface area contributed by atoms with Crippen LogP contribution in [0.1, 0.15) is 13.8 Å². The summed E-state index contributed by atoms with van der Waals surface area (Å²) in [6.45, 7) is 3.94. The maximum Gasteiger partial charge on any atom is 0.396 e. The Labute approximate surface area is 77.4 Å². The quantitative estimate of drug-likeness (QED) is 0.487. The lowest BCUT2D eigenvalue weighted by atomic mass is 10.3. The molecule has 0 radical (unpaired) electrons. The maximum absolute atomic E-state index is 11.0. The number of ether oxygens (including phenoxy) is 2. The molecule has 0 spiro atoms. The third kappa shape index (κ3) is 5.19. The highest BCUT2D eigenvalue weighted by Gasteiger charge is 2.16. The van der Waals surface area contributed by atoms with E-state index < -0.39 is 11.9 Å². The molecule has 0 bridgehead atoms. The van der Waals surface area contributed by atoms with Crippen LogP contribution < -0.4 is 5.32 Å². The van der Waals surface area contributed by atoms with Gasteiger partial charge in [0.1, 0.15) is 0 Å². The molecule has 0 aromatic heterocycles. The van der Waals surface area contributed by atoms with Crippen molar-refractivity contribution < 1.29 is 19.1 Å². The lowest BCUT2D eigenvalue weighted by Crippen LogP contribution is -2.40. The second kappa shape index (κ2) is 6.42. The summed E-state index contributed by atoms with van der Waals surface area (Å²) < 4.78 is 9.27. The standard InChI is InChI=1S/C8H15NO4/c1-4-13-8(11)7(10)9-6(2)5-12-3/h6H,4-5H2,1-3H3,(H,9,10). The van der Waals surface area contributed by atoms with Gasteiger partial charge in [-0.3, -0.25) is 4.79 Å². The topological polar surface area (TPSA) is 64.6 Å². The summed E-state index contributed by atoms with van der Waals surface area (Å²) in [6, 6.07) is -0.193. The Hall–Kier alpha value is -1.10. The van der Waals surface area contributed by atoms with E-state index in [2.05, 4.69) is 10.1 Å². The fourth-order valence-corrected chi connectivity index (χ4v) is 0.771. The lowest BCUT2D eigenvalue weighted by molar-refractivity contribution is -0.154. The lowest BCUT2D eigenvalue weighted by Gasteiger charge is -2.11. The van der Waals surface area contributed by atoms with Crippen LogP contribution >= 0.6 is 0 Å². The number of carbonyl (C=O) groups excluding carboxylic acids is 2. The van der Waals surface area contributed by atoms with E-state index in [1.165, 1.54) is 7.11 Å². The largest absolute Gasteiger partial charge is 0.459 e. The molecule has 0 saturated carbocycles. The number of hydrogen-bond acceptors (Lipinski definition) is 4. The van der Waals surface area contributed by atoms with Crippen LogP contribution in [0.25, 0.3) is 0 Å². The van der Waals surface area contributed by atoms with Crippen molar-refractivity contribution >= 4 is 11.9 Å². The molecule has 1 unspecified atom stereocenters. The first kappa shape index (κ1) is 11.9. The van der Waals surface area contributed by atoms with Crippen LogP contribution in [0.15, 0.2) is 0 Å². The van der Waals surface area contributed by atoms with Crippen LogP contribution in [0.3, 0.4) is 0 Å². The SMILES string of the molecule is CCOC(=O)C(=O)NC(C)COC. The van der Waals surface area contributed by atoms with Crippen molar-refractivity contribution in [3.63, 3.8) is 0 Å². The number of amides is 1. The van der Waals surface area contributed by atoms with Crippen molar-refractivity contribution in [2.24, 2.45) is 0 Å². The molecule has 5 heteroatoms. The van der Waals surface area contributed by atoms with Gasteiger partial charge in [0.15, 0.2) is 0 Å². The summed E-state index contributed by atoms with van der Waals surface area (Å²) in [5, 5.41) is 2.43. The Bertz CT molecular complexity index is 181. The highest BCUT2D eigenvalue weighted by molar-refractivity contribution is 6.32. The van der Waals surface area contributed by atoms with Crippen LogP contribution in [0.5, 0.6) is 0 Å². The van der Waals surface area contributed by atoms with E-state index in [0.29, 0.717) is 6.61 Å². The monoisotopic (exact) mass is 189 g/mol. The van der Waals surface area contributed by atoms with Crippen LogP contribution in [0.2, 0.25) is 0 Å². The van der Waals surface area contributed by atoms with Gasteiger partial charge in [0.05, 0.1) is 13.2 Å². The van der Waals surface area contributed by atoms with Crippen LogP contribution in [-0.2, 0) is 19.1 Å². The number of esters is 1. The first-order valence-corrected chi connectivity index (χ1v) is 4.08. The van der Waals surface area contributed by atoms with E-state index >= 15 is 0 Å². The zero-order chi connectivity index (χ0) is 10.3. The fraction of sp³-hybridized carbons (Fsp3) is 0.750. The summed E-state index contributed by atoms with van der Waals surface area (Å²) >= 11 is 0. The van der Waals surface area contributed by atoms with Crippen molar-refractivity contribution in [1.29, 1.82) is 0 Å². The number of nitrogens with one attached hydrogen (secondary N) is 1. The molecule has 13 heavy (non-hydrogen) atoms. The van der Waals surface area contributed by atoms with Gasteiger partial charge in [0.2, 0.25) is 0 Å². The van der Waals surface area contributed by atoms with Crippen molar-refractivity contribution in [3.8, 4) is 0 Å². The molecule has 5 nitrogen and oxygen atoms in total. The summed E-state index contributed by atoms with van der Waals surface area (Å²) in [7, 11) is 1.52. The molecule has 1 N–H and O–H groups in total. The Morgan fingerprint density at radius 2 is 2.08 bits per heavy atom. The molecule has 0 heterocycles. The highest BCUT2D eigenvalue weighted by atomic mass is 16.5. The molecular formula is C8H15NO4. The number of hydrogen-bond donors (Lipinski definition) is 1. The first-order valence-electron chi connectivity index (χ1n) is 4.08. The molecule has 0 aliphatic rings. The third-order valence-corrected chi connectivity index (χ3v) is 1.25. The smallest absolute Gasteiger partial charge is 0.396 e. The van der Waals surface area contributed by atoms with Gasteiger partial charge in [-0.15, -0.1) is 0 Å². The predicted octanol–water partition coefficient (Wildman–Crippen LogP) is -0.299. The van der Waals surface area contributed by atoms with Gasteiger partial charge >= 0.3 is 11.9 Å². The average Bonchev–Trinajstić information content (AvgIpc) is 2.05. The average molecular weight is 189 g/mol. The maximum atomic E-state index is 11.0. The molecule has 0 fully saturated rings. The van der Waals surface area contributed by atoms with Crippen LogP contribution in [0.4, 0.5) is 0 Å². The minimum absolute atomic E-state index is 0.193. The molecule has 76 valence electrons. The zero-order valence-electron chi connectivity index (χ0n) is 8.12. The molecule has 1 amide bonds. The Balaban J connectivity index is 3.78. The van der Waals surface area contributed by atoms with E-state index in [0.717, 1.165) is 0 Å². The Morgan fingerprint density at radius 1 is 1.46 bits per heavy atom. The van der Waals surface area contributed by atoms with E-state index in [1.807, 2.05) is 0 Å². The molecule has 0 rings (SSSR count). The minimum atomic E-state index is -0.856. The number of carbonyl (C=O) groups is 2. The molecular weight excluding hydrogens is 174 g/mol. The van der Waals surface area contributed by atoms with Crippen molar-refractivity contribution in [2.75, 3.05) is 20.3 Å². The van der Waals surface area contributed by atoms with Gasteiger partial charge in [0.25, 0.3) is 0 Å². The zero-order valence-corrected chi connectivity index (χ0v) is 8.12. The predicted molar refractivity (Wildman–Crippen MR) is 46.1 cm³/mol. The second-order valence-corrected chi connectivity index (χ2v) is 2.55. The summed E-state index contributed by atoms with van der Waals surface area (Å²) in [4.78, 5) is 21.8. The van der Waals surface area contributed by atoms with E-state index in [4.69, 9.17) is 4.74 Å². The Kier molecular flexibility index (Phi) is 5.88. The first-order chi connectivity index (χ1) is 6.11. The molecule has 0 saturated heterocycles. The fourth-order valence-electron chi connectivity index (χ4n) is 0.771. The van der Waals surface area contributed by atoms with Gasteiger partial charge in [-0.25, -0.2) is 4.79 Å². The molecule has 0 aromatic rings. The van der Waals surface area contributed by atoms with Gasteiger partial charge in [-0.1, -0.05) is 0 Å². The molecule has 0 aliphatic carbocycles. The van der Waals surface area contributed by atoms with Crippen molar-refractivity contribution in [1.82, 2.24) is 5.32 Å². The normalized spacial score (nSPS) is 11.9. The van der Waals surface area contributed by atoms with Crippen molar-refractivity contribution in [3.05, 3.63) is 0 Å². The summed E-state index contributed by atoms with van der Waals surface area (Å²) in [5.41, 5.74) is 0. The second-order valence-electron chi connectivity index (χ2n) is 2.55. The van der Waals surface area contributed by atoms with E-state index in [1.54, 1.807) is 13.8 Å². The van der Waals surface area contributed by atoms with Gasteiger partial charge in [0, 0.05) is 13.2 Å². The molecule has 1 atom stereocenters. The van der Waals surface area contributed by atoms with Crippen LogP contribution in [0, 0.1) is 0 Å². The minimum Gasteiger partial charge on any atom is -0.459 e. The highest BCUT2D eigenvalue weighted by Crippen LogP contribution is 1.84. The molecule has 0 aliphatic heterocycles. The van der Waals surface area contributed by atoms with Crippen molar-refractivity contribution in [2.45, 2.75) is 19.9 Å². The van der Waals surface area contributed by atoms with E-state index in [-0.39, 0.29) is 12.6 Å². The van der Waals surface area contributed by atoms with Gasteiger partial charge in [-0.2, -0.15) is 0 Å². The Morgan fingerprint density at radius 3 is 2.54 bits per heavy atom. The van der Waals surface area contributed by atoms with Crippen LogP contribution in [-0.4, -0.2) is 38.2 Å². The number of rotatable bonds is 4. The molecule has 0 aromatic carbocycles. The summed E-state index contributed by atoms with van der Waals surface area (Å²) in [5.74, 6) is -1.59. The third-order valence-electron chi connectivity index (χ3n) is 1.25.